The van der Waals surface area contributed by atoms with E-state index >= 15 is 0 Å². The Labute approximate surface area is 120 Å². The molecule has 6 heteroatoms. The molecule has 2 heterocycles. The maximum Gasteiger partial charge on any atom is 0.267 e. The van der Waals surface area contributed by atoms with Crippen LogP contribution in [0.4, 0.5) is 0 Å². The maximum absolute atomic E-state index is 11.7. The van der Waals surface area contributed by atoms with E-state index in [1.54, 1.807) is 23.6 Å². The predicted molar refractivity (Wildman–Crippen MR) is 76.5 cm³/mol. The number of rotatable bonds is 4. The molecule has 3 nitrogen and oxygen atoms in total. The van der Waals surface area contributed by atoms with Crippen LogP contribution in [-0.4, -0.2) is 17.4 Å². The summed E-state index contributed by atoms with van der Waals surface area (Å²) in [4.78, 5) is 15.8. The van der Waals surface area contributed by atoms with Gasteiger partial charge in [-0.1, -0.05) is 0 Å². The van der Waals surface area contributed by atoms with Crippen molar-refractivity contribution in [3.8, 4) is 0 Å². The summed E-state index contributed by atoms with van der Waals surface area (Å²) in [5.74, 6) is -0.0775. The molecule has 0 radical (unpaired) electrons. The smallest absolute Gasteiger partial charge is 0.267 e. The van der Waals surface area contributed by atoms with Crippen molar-refractivity contribution >= 4 is 49.1 Å². The standard InChI is InChI=1S/C11H10Br2N2OS/c12-7-5-9(15-6-7)11(16)14-4-3-8-1-2-10(13)17-8/h1-2,5-6,15H,3-4H2,(H,14,16). The first kappa shape index (κ1) is 12.9. The van der Waals surface area contributed by atoms with E-state index in [1.807, 2.05) is 6.07 Å². The fourth-order valence-corrected chi connectivity index (χ4v) is 3.21. The van der Waals surface area contributed by atoms with Gasteiger partial charge in [-0.25, -0.2) is 0 Å². The first-order valence-corrected chi connectivity index (χ1v) is 7.42. The van der Waals surface area contributed by atoms with Crippen LogP contribution >= 0.6 is 43.2 Å². The summed E-state index contributed by atoms with van der Waals surface area (Å²) in [6.45, 7) is 0.641. The lowest BCUT2D eigenvalue weighted by Gasteiger charge is -2.01. The van der Waals surface area contributed by atoms with Crippen molar-refractivity contribution in [2.75, 3.05) is 6.54 Å². The van der Waals surface area contributed by atoms with Crippen molar-refractivity contribution in [2.24, 2.45) is 0 Å². The van der Waals surface area contributed by atoms with Gasteiger partial charge in [-0.3, -0.25) is 4.79 Å². The number of hydrogen-bond donors (Lipinski definition) is 2. The minimum absolute atomic E-state index is 0.0775. The third-order valence-electron chi connectivity index (χ3n) is 2.18. The highest BCUT2D eigenvalue weighted by molar-refractivity contribution is 9.11. The first-order valence-electron chi connectivity index (χ1n) is 5.01. The molecule has 17 heavy (non-hydrogen) atoms. The Bertz CT molecular complexity index is 521. The largest absolute Gasteiger partial charge is 0.356 e. The molecule has 0 aliphatic carbocycles. The zero-order valence-electron chi connectivity index (χ0n) is 8.80. The van der Waals surface area contributed by atoms with Crippen LogP contribution in [0.15, 0.2) is 32.7 Å². The average Bonchev–Trinajstić information content (AvgIpc) is 2.88. The molecule has 2 aromatic heterocycles. The monoisotopic (exact) mass is 376 g/mol. The Kier molecular flexibility index (Phi) is 4.42. The molecule has 90 valence electrons. The first-order chi connectivity index (χ1) is 8.15. The van der Waals surface area contributed by atoms with E-state index in [0.717, 1.165) is 14.7 Å². The molecule has 0 unspecified atom stereocenters. The van der Waals surface area contributed by atoms with E-state index in [-0.39, 0.29) is 5.91 Å². The van der Waals surface area contributed by atoms with E-state index in [9.17, 15) is 4.79 Å². The molecule has 0 saturated carbocycles. The topological polar surface area (TPSA) is 44.9 Å². The molecular weight excluding hydrogens is 368 g/mol. The molecule has 2 rings (SSSR count). The van der Waals surface area contributed by atoms with Gasteiger partial charge < -0.3 is 10.3 Å². The van der Waals surface area contributed by atoms with Crippen molar-refractivity contribution in [1.29, 1.82) is 0 Å². The van der Waals surface area contributed by atoms with Gasteiger partial charge in [0.25, 0.3) is 5.91 Å². The Morgan fingerprint density at radius 1 is 1.41 bits per heavy atom. The maximum atomic E-state index is 11.7. The predicted octanol–water partition coefficient (Wildman–Crippen LogP) is 3.57. The van der Waals surface area contributed by atoms with Gasteiger partial charge >= 0.3 is 0 Å². The highest BCUT2D eigenvalue weighted by atomic mass is 79.9. The lowest BCUT2D eigenvalue weighted by molar-refractivity contribution is 0.0950. The number of carbonyl (C=O) groups excluding carboxylic acids is 1. The molecule has 0 bridgehead atoms. The Morgan fingerprint density at radius 2 is 2.24 bits per heavy atom. The number of carbonyl (C=O) groups is 1. The third kappa shape index (κ3) is 3.69. The fourth-order valence-electron chi connectivity index (χ4n) is 1.38. The SMILES string of the molecule is O=C(NCCc1ccc(Br)s1)c1cc(Br)c[nH]1. The molecule has 0 aromatic carbocycles. The second-order valence-electron chi connectivity index (χ2n) is 3.44. The highest BCUT2D eigenvalue weighted by Crippen LogP contribution is 2.22. The molecule has 0 atom stereocenters. The van der Waals surface area contributed by atoms with Gasteiger partial charge in [0.1, 0.15) is 5.69 Å². The summed E-state index contributed by atoms with van der Waals surface area (Å²) < 4.78 is 2.00. The molecule has 2 N–H and O–H groups in total. The summed E-state index contributed by atoms with van der Waals surface area (Å²) in [6.07, 6.45) is 2.59. The summed E-state index contributed by atoms with van der Waals surface area (Å²) in [5, 5.41) is 2.87. The van der Waals surface area contributed by atoms with Crippen molar-refractivity contribution in [3.63, 3.8) is 0 Å². The second kappa shape index (κ2) is 5.84. The summed E-state index contributed by atoms with van der Waals surface area (Å²) in [6, 6.07) is 5.84. The number of aromatic nitrogens is 1. The van der Waals surface area contributed by atoms with Crippen molar-refractivity contribution < 1.29 is 4.79 Å². The molecule has 1 amide bonds. The Balaban J connectivity index is 1.81. The molecule has 0 aliphatic heterocycles. The van der Waals surface area contributed by atoms with Crippen molar-refractivity contribution in [2.45, 2.75) is 6.42 Å². The van der Waals surface area contributed by atoms with Crippen LogP contribution in [0.2, 0.25) is 0 Å². The van der Waals surface area contributed by atoms with E-state index in [1.165, 1.54) is 4.88 Å². The molecular formula is C11H10Br2N2OS. The average molecular weight is 378 g/mol. The number of amides is 1. The van der Waals surface area contributed by atoms with Gasteiger partial charge in [0.15, 0.2) is 0 Å². The zero-order valence-corrected chi connectivity index (χ0v) is 12.8. The van der Waals surface area contributed by atoms with Gasteiger partial charge in [-0.2, -0.15) is 0 Å². The molecule has 0 fully saturated rings. The second-order valence-corrected chi connectivity index (χ2v) is 6.91. The number of H-pyrrole nitrogens is 1. The third-order valence-corrected chi connectivity index (χ3v) is 4.32. The van der Waals surface area contributed by atoms with Gasteiger partial charge in [-0.15, -0.1) is 11.3 Å². The van der Waals surface area contributed by atoms with Crippen LogP contribution in [-0.2, 0) is 6.42 Å². The zero-order chi connectivity index (χ0) is 12.3. The van der Waals surface area contributed by atoms with Crippen LogP contribution in [0.5, 0.6) is 0 Å². The van der Waals surface area contributed by atoms with E-state index in [4.69, 9.17) is 0 Å². The Morgan fingerprint density at radius 3 is 2.82 bits per heavy atom. The van der Waals surface area contributed by atoms with Crippen LogP contribution in [0, 0.1) is 0 Å². The normalized spacial score (nSPS) is 10.5. The minimum Gasteiger partial charge on any atom is -0.356 e. The van der Waals surface area contributed by atoms with Gasteiger partial charge in [-0.05, 0) is 56.5 Å². The quantitative estimate of drug-likeness (QED) is 0.840. The summed E-state index contributed by atoms with van der Waals surface area (Å²) in [7, 11) is 0. The van der Waals surface area contributed by atoms with Crippen molar-refractivity contribution in [3.05, 3.63) is 43.2 Å². The number of nitrogens with one attached hydrogen (secondary N) is 2. The lowest BCUT2D eigenvalue weighted by atomic mass is 10.3. The molecule has 2 aromatic rings. The fraction of sp³-hybridized carbons (Fsp3) is 0.182. The highest BCUT2D eigenvalue weighted by Gasteiger charge is 2.07. The van der Waals surface area contributed by atoms with Gasteiger partial charge in [0.2, 0.25) is 0 Å². The van der Waals surface area contributed by atoms with Crippen LogP contribution < -0.4 is 5.32 Å². The van der Waals surface area contributed by atoms with E-state index < -0.39 is 0 Å². The van der Waals surface area contributed by atoms with Crippen LogP contribution in [0.3, 0.4) is 0 Å². The summed E-state index contributed by atoms with van der Waals surface area (Å²) >= 11 is 8.40. The minimum atomic E-state index is -0.0775. The van der Waals surface area contributed by atoms with E-state index in [2.05, 4.69) is 48.2 Å². The molecule has 0 aliphatic rings. The number of thiophene rings is 1. The van der Waals surface area contributed by atoms with Gasteiger partial charge in [0.05, 0.1) is 3.79 Å². The van der Waals surface area contributed by atoms with E-state index in [0.29, 0.717) is 12.2 Å². The summed E-state index contributed by atoms with van der Waals surface area (Å²) in [5.41, 5.74) is 0.573. The molecule has 0 spiro atoms. The van der Waals surface area contributed by atoms with Crippen LogP contribution in [0.25, 0.3) is 0 Å². The van der Waals surface area contributed by atoms with Gasteiger partial charge in [0, 0.05) is 22.1 Å². The number of aromatic amines is 1. The van der Waals surface area contributed by atoms with Crippen molar-refractivity contribution in [1.82, 2.24) is 10.3 Å². The van der Waals surface area contributed by atoms with Crippen LogP contribution in [0.1, 0.15) is 15.4 Å². The number of halogens is 2. The Hall–Kier alpha value is -0.590. The lowest BCUT2D eigenvalue weighted by Crippen LogP contribution is -2.25. The number of hydrogen-bond acceptors (Lipinski definition) is 2. The molecule has 0 saturated heterocycles.